The Morgan fingerprint density at radius 1 is 1.14 bits per heavy atom. The van der Waals surface area contributed by atoms with Crippen LogP contribution < -0.4 is 0 Å². The Bertz CT molecular complexity index is 993. The standard InChI is InChI=1S/C19H19F3N4OS/c1-12-9-15(13(2)26(12)10-14-7-5-4-6-8-14)16(27)11-28-18-24-23-17(25(18)3)19(20,21)22/h4-9H,10-11H2,1-3H3. The number of aromatic nitrogens is 4. The van der Waals surface area contributed by atoms with Gasteiger partial charge in [0.15, 0.2) is 10.9 Å². The van der Waals surface area contributed by atoms with Crippen molar-refractivity contribution in [3.05, 3.63) is 64.7 Å². The number of aryl methyl sites for hydroxylation is 1. The molecule has 0 unspecified atom stereocenters. The zero-order valence-electron chi connectivity index (χ0n) is 15.6. The van der Waals surface area contributed by atoms with Crippen LogP contribution in [0.4, 0.5) is 13.2 Å². The van der Waals surface area contributed by atoms with Gasteiger partial charge in [0.1, 0.15) is 0 Å². The van der Waals surface area contributed by atoms with Gasteiger partial charge in [-0.1, -0.05) is 42.1 Å². The van der Waals surface area contributed by atoms with Gasteiger partial charge < -0.3 is 9.13 Å². The summed E-state index contributed by atoms with van der Waals surface area (Å²) in [5.41, 5.74) is 3.48. The Hall–Kier alpha value is -2.55. The Balaban J connectivity index is 1.74. The lowest BCUT2D eigenvalue weighted by Crippen LogP contribution is -2.13. The molecule has 0 fully saturated rings. The number of benzene rings is 1. The molecule has 0 radical (unpaired) electrons. The predicted molar refractivity (Wildman–Crippen MR) is 101 cm³/mol. The van der Waals surface area contributed by atoms with E-state index in [1.54, 1.807) is 0 Å². The van der Waals surface area contributed by atoms with Crippen molar-refractivity contribution in [3.8, 4) is 0 Å². The highest BCUT2D eigenvalue weighted by Crippen LogP contribution is 2.30. The minimum absolute atomic E-state index is 0.0144. The molecule has 0 amide bonds. The van der Waals surface area contributed by atoms with Crippen LogP contribution in [0.3, 0.4) is 0 Å². The molecule has 3 rings (SSSR count). The highest BCUT2D eigenvalue weighted by Gasteiger charge is 2.37. The fraction of sp³-hybridized carbons (Fsp3) is 0.316. The molecule has 0 aliphatic rings. The fourth-order valence-corrected chi connectivity index (χ4v) is 3.78. The van der Waals surface area contributed by atoms with Crippen LogP contribution in [-0.4, -0.2) is 30.9 Å². The van der Waals surface area contributed by atoms with Crippen LogP contribution in [0.2, 0.25) is 0 Å². The lowest BCUT2D eigenvalue weighted by molar-refractivity contribution is -0.147. The van der Waals surface area contributed by atoms with Crippen molar-refractivity contribution in [1.29, 1.82) is 0 Å². The molecule has 3 aromatic rings. The van der Waals surface area contributed by atoms with Crippen LogP contribution in [0.5, 0.6) is 0 Å². The van der Waals surface area contributed by atoms with Gasteiger partial charge >= 0.3 is 6.18 Å². The number of carbonyl (C=O) groups excluding carboxylic acids is 1. The van der Waals surface area contributed by atoms with E-state index in [1.165, 1.54) is 7.05 Å². The van der Waals surface area contributed by atoms with Crippen molar-refractivity contribution >= 4 is 17.5 Å². The van der Waals surface area contributed by atoms with Gasteiger partial charge in [-0.05, 0) is 25.5 Å². The van der Waals surface area contributed by atoms with E-state index in [1.807, 2.05) is 50.2 Å². The summed E-state index contributed by atoms with van der Waals surface area (Å²) in [6.45, 7) is 4.45. The molecule has 0 saturated heterocycles. The minimum atomic E-state index is -4.58. The van der Waals surface area contributed by atoms with Crippen molar-refractivity contribution < 1.29 is 18.0 Å². The molecule has 2 heterocycles. The summed E-state index contributed by atoms with van der Waals surface area (Å²) in [5, 5.41) is 6.77. The zero-order chi connectivity index (χ0) is 20.5. The van der Waals surface area contributed by atoms with Crippen LogP contribution in [0.25, 0.3) is 0 Å². The monoisotopic (exact) mass is 408 g/mol. The summed E-state index contributed by atoms with van der Waals surface area (Å²) in [4.78, 5) is 12.7. The molecule has 0 spiro atoms. The minimum Gasteiger partial charge on any atom is -0.344 e. The molecule has 0 N–H and O–H groups in total. The summed E-state index contributed by atoms with van der Waals surface area (Å²) >= 11 is 0.945. The number of ketones is 1. The first-order valence-corrected chi connectivity index (χ1v) is 9.50. The largest absolute Gasteiger partial charge is 0.451 e. The fourth-order valence-electron chi connectivity index (χ4n) is 2.99. The molecule has 0 bridgehead atoms. The second-order valence-electron chi connectivity index (χ2n) is 6.43. The maximum absolute atomic E-state index is 12.8. The van der Waals surface area contributed by atoms with E-state index in [0.29, 0.717) is 12.1 Å². The Morgan fingerprint density at radius 2 is 1.82 bits per heavy atom. The van der Waals surface area contributed by atoms with Crippen LogP contribution >= 0.6 is 11.8 Å². The number of Topliss-reactive ketones (excluding diaryl/α,β-unsaturated/α-hetero) is 1. The highest BCUT2D eigenvalue weighted by molar-refractivity contribution is 7.99. The Kier molecular flexibility index (Phi) is 5.64. The number of halogens is 3. The van der Waals surface area contributed by atoms with Crippen LogP contribution in [0.15, 0.2) is 41.6 Å². The number of hydrogen-bond acceptors (Lipinski definition) is 4. The summed E-state index contributed by atoms with van der Waals surface area (Å²) in [6.07, 6.45) is -4.58. The molecule has 28 heavy (non-hydrogen) atoms. The van der Waals surface area contributed by atoms with Gasteiger partial charge in [0, 0.05) is 30.5 Å². The molecular formula is C19H19F3N4OS. The van der Waals surface area contributed by atoms with Crippen molar-refractivity contribution in [1.82, 2.24) is 19.3 Å². The summed E-state index contributed by atoms with van der Waals surface area (Å²) in [5.74, 6) is -1.25. The van der Waals surface area contributed by atoms with Crippen molar-refractivity contribution in [2.24, 2.45) is 7.05 Å². The van der Waals surface area contributed by atoms with Gasteiger partial charge in [0.25, 0.3) is 0 Å². The lowest BCUT2D eigenvalue weighted by Gasteiger charge is -2.10. The van der Waals surface area contributed by atoms with E-state index >= 15 is 0 Å². The lowest BCUT2D eigenvalue weighted by atomic mass is 10.2. The van der Waals surface area contributed by atoms with E-state index < -0.39 is 12.0 Å². The molecule has 0 aliphatic heterocycles. The van der Waals surface area contributed by atoms with Crippen LogP contribution in [0.1, 0.15) is 33.1 Å². The summed E-state index contributed by atoms with van der Waals surface area (Å²) < 4.78 is 41.3. The highest BCUT2D eigenvalue weighted by atomic mass is 32.2. The first kappa shape index (κ1) is 20.2. The second-order valence-corrected chi connectivity index (χ2v) is 7.37. The normalized spacial score (nSPS) is 11.8. The topological polar surface area (TPSA) is 52.7 Å². The summed E-state index contributed by atoms with van der Waals surface area (Å²) in [7, 11) is 1.24. The third-order valence-corrected chi connectivity index (χ3v) is 5.50. The quantitative estimate of drug-likeness (QED) is 0.451. The number of nitrogens with zero attached hydrogens (tertiary/aromatic N) is 4. The van der Waals surface area contributed by atoms with Crippen LogP contribution in [0, 0.1) is 13.8 Å². The molecule has 0 atom stereocenters. The maximum Gasteiger partial charge on any atom is 0.451 e. The zero-order valence-corrected chi connectivity index (χ0v) is 16.4. The molecule has 2 aromatic heterocycles. The van der Waals surface area contributed by atoms with Crippen LogP contribution in [-0.2, 0) is 19.8 Å². The molecule has 9 heteroatoms. The van der Waals surface area contributed by atoms with Crippen molar-refractivity contribution in [2.75, 3.05) is 5.75 Å². The van der Waals surface area contributed by atoms with E-state index in [9.17, 15) is 18.0 Å². The number of carbonyl (C=O) groups is 1. The number of hydrogen-bond donors (Lipinski definition) is 0. The van der Waals surface area contributed by atoms with Gasteiger partial charge in [0.05, 0.1) is 5.75 Å². The van der Waals surface area contributed by atoms with E-state index in [-0.39, 0.29) is 16.7 Å². The maximum atomic E-state index is 12.8. The number of alkyl halides is 3. The average molecular weight is 408 g/mol. The van der Waals surface area contributed by atoms with E-state index in [0.717, 1.165) is 33.3 Å². The Morgan fingerprint density at radius 3 is 2.43 bits per heavy atom. The molecule has 0 saturated carbocycles. The van der Waals surface area contributed by atoms with Gasteiger partial charge in [-0.3, -0.25) is 4.79 Å². The first-order chi connectivity index (χ1) is 13.2. The van der Waals surface area contributed by atoms with Gasteiger partial charge in [0.2, 0.25) is 5.82 Å². The van der Waals surface area contributed by atoms with E-state index in [4.69, 9.17) is 0 Å². The van der Waals surface area contributed by atoms with Gasteiger partial charge in [-0.2, -0.15) is 13.2 Å². The molecule has 148 valence electrons. The smallest absolute Gasteiger partial charge is 0.344 e. The van der Waals surface area contributed by atoms with Crippen molar-refractivity contribution in [3.63, 3.8) is 0 Å². The first-order valence-electron chi connectivity index (χ1n) is 8.51. The van der Waals surface area contributed by atoms with Gasteiger partial charge in [-0.25, -0.2) is 0 Å². The summed E-state index contributed by atoms with van der Waals surface area (Å²) in [6, 6.07) is 11.7. The number of thioether (sulfide) groups is 1. The average Bonchev–Trinajstić information content (AvgIpc) is 3.15. The molecule has 0 aliphatic carbocycles. The third-order valence-electron chi connectivity index (χ3n) is 4.48. The molecular weight excluding hydrogens is 389 g/mol. The third kappa shape index (κ3) is 4.14. The number of rotatable bonds is 6. The SMILES string of the molecule is Cc1cc(C(=O)CSc2nnc(C(F)(F)F)n2C)c(C)n1Cc1ccccc1. The molecule has 1 aromatic carbocycles. The van der Waals surface area contributed by atoms with Gasteiger partial charge in [-0.15, -0.1) is 10.2 Å². The predicted octanol–water partition coefficient (Wildman–Crippen LogP) is 4.28. The van der Waals surface area contributed by atoms with Crippen molar-refractivity contribution in [2.45, 2.75) is 31.7 Å². The van der Waals surface area contributed by atoms with E-state index in [2.05, 4.69) is 14.8 Å². The Labute approximate surface area is 164 Å². The molecule has 5 nitrogen and oxygen atoms in total. The second kappa shape index (κ2) is 7.83.